The minimum absolute atomic E-state index is 0.00925. The Kier molecular flexibility index (Phi) is 6.47. The number of Topliss-reactive ketones (excluding diaryl/α,β-unsaturated/α-hetero) is 2. The maximum Gasteiger partial charge on any atom is 0.403 e. The highest BCUT2D eigenvalue weighted by Crippen LogP contribution is 2.44. The fourth-order valence-electron chi connectivity index (χ4n) is 4.90. The van der Waals surface area contributed by atoms with E-state index in [1.165, 1.54) is 0 Å². The molecule has 8 heteroatoms. The van der Waals surface area contributed by atoms with Crippen LogP contribution in [0.5, 0.6) is 0 Å². The van der Waals surface area contributed by atoms with Crippen molar-refractivity contribution in [1.29, 1.82) is 0 Å². The Morgan fingerprint density at radius 3 is 2.71 bits per heavy atom. The zero-order valence-electron chi connectivity index (χ0n) is 15.8. The van der Waals surface area contributed by atoms with Crippen molar-refractivity contribution < 1.29 is 32.6 Å². The number of alkyl halides is 3. The molecule has 7 atom stereocenters. The second-order valence-electron chi connectivity index (χ2n) is 8.04. The summed E-state index contributed by atoms with van der Waals surface area (Å²) in [6, 6.07) is -2.59. The molecule has 3 rings (SSSR count). The van der Waals surface area contributed by atoms with Gasteiger partial charge >= 0.3 is 6.18 Å². The summed E-state index contributed by atoms with van der Waals surface area (Å²) < 4.78 is 44.9. The summed E-state index contributed by atoms with van der Waals surface area (Å²) in [5, 5.41) is 13.0. The SMILES string of the molecule is CC#CCOCC1NC(C(F)(F)F)CCC1C(=O)C1C(=O)C2CCC(C2)C1O. The summed E-state index contributed by atoms with van der Waals surface area (Å²) in [7, 11) is 0. The molecular weight excluding hydrogens is 375 g/mol. The molecule has 0 radical (unpaired) electrons. The topological polar surface area (TPSA) is 75.6 Å². The molecule has 1 heterocycles. The van der Waals surface area contributed by atoms with Gasteiger partial charge < -0.3 is 15.2 Å². The van der Waals surface area contributed by atoms with E-state index in [1.54, 1.807) is 6.92 Å². The van der Waals surface area contributed by atoms with Crippen molar-refractivity contribution in [2.75, 3.05) is 13.2 Å². The molecule has 5 nitrogen and oxygen atoms in total. The Morgan fingerprint density at radius 1 is 1.29 bits per heavy atom. The van der Waals surface area contributed by atoms with Gasteiger partial charge in [0.1, 0.15) is 24.3 Å². The van der Waals surface area contributed by atoms with Crippen LogP contribution in [0.1, 0.15) is 39.0 Å². The highest BCUT2D eigenvalue weighted by molar-refractivity contribution is 6.06. The smallest absolute Gasteiger partial charge is 0.392 e. The number of ether oxygens (including phenoxy) is 1. The van der Waals surface area contributed by atoms with Gasteiger partial charge in [0, 0.05) is 17.9 Å². The predicted molar refractivity (Wildman–Crippen MR) is 94.1 cm³/mol. The van der Waals surface area contributed by atoms with Crippen LogP contribution in [0.3, 0.4) is 0 Å². The van der Waals surface area contributed by atoms with Crippen LogP contribution in [0.2, 0.25) is 0 Å². The summed E-state index contributed by atoms with van der Waals surface area (Å²) in [6.07, 6.45) is -3.70. The maximum atomic E-state index is 13.2. The molecular formula is C20H26F3NO4. The zero-order chi connectivity index (χ0) is 20.5. The number of hydrogen-bond acceptors (Lipinski definition) is 5. The van der Waals surface area contributed by atoms with Gasteiger partial charge in [0.2, 0.25) is 0 Å². The molecule has 0 spiro atoms. The van der Waals surface area contributed by atoms with Gasteiger partial charge in [0.05, 0.1) is 12.7 Å². The Morgan fingerprint density at radius 2 is 2.04 bits per heavy atom. The molecule has 1 saturated heterocycles. The lowest BCUT2D eigenvalue weighted by Gasteiger charge is -2.40. The number of hydrogen-bond donors (Lipinski definition) is 2. The van der Waals surface area contributed by atoms with E-state index in [-0.39, 0.29) is 43.7 Å². The Hall–Kier alpha value is -1.43. The van der Waals surface area contributed by atoms with Crippen LogP contribution in [-0.2, 0) is 14.3 Å². The molecule has 0 aromatic carbocycles. The second kappa shape index (κ2) is 8.52. The van der Waals surface area contributed by atoms with Crippen LogP contribution in [0.15, 0.2) is 0 Å². The number of carbonyl (C=O) groups excluding carboxylic acids is 2. The van der Waals surface area contributed by atoms with Crippen LogP contribution >= 0.6 is 0 Å². The minimum atomic E-state index is -4.42. The molecule has 1 aliphatic heterocycles. The Bertz CT molecular complexity index is 669. The highest BCUT2D eigenvalue weighted by atomic mass is 19.4. The molecule has 0 aromatic heterocycles. The lowest BCUT2D eigenvalue weighted by molar-refractivity contribution is -0.171. The van der Waals surface area contributed by atoms with E-state index in [0.717, 1.165) is 0 Å². The van der Waals surface area contributed by atoms with Crippen LogP contribution < -0.4 is 5.32 Å². The van der Waals surface area contributed by atoms with Gasteiger partial charge in [-0.15, -0.1) is 5.92 Å². The van der Waals surface area contributed by atoms with Gasteiger partial charge in [-0.05, 0) is 44.9 Å². The molecule has 3 fully saturated rings. The van der Waals surface area contributed by atoms with E-state index in [2.05, 4.69) is 17.2 Å². The summed E-state index contributed by atoms with van der Waals surface area (Å²) in [5.74, 6) is 2.39. The summed E-state index contributed by atoms with van der Waals surface area (Å²) >= 11 is 0. The first-order valence-corrected chi connectivity index (χ1v) is 9.79. The normalized spacial score (nSPS) is 38.0. The average molecular weight is 401 g/mol. The molecule has 0 amide bonds. The zero-order valence-corrected chi connectivity index (χ0v) is 15.8. The van der Waals surface area contributed by atoms with Gasteiger partial charge in [-0.1, -0.05) is 5.92 Å². The number of halogens is 3. The quantitative estimate of drug-likeness (QED) is 0.418. The Balaban J connectivity index is 1.75. The number of nitrogens with one attached hydrogen (secondary N) is 1. The third-order valence-corrected chi connectivity index (χ3v) is 6.39. The molecule has 2 saturated carbocycles. The molecule has 156 valence electrons. The molecule has 7 unspecified atom stereocenters. The van der Waals surface area contributed by atoms with E-state index in [9.17, 15) is 27.9 Å². The van der Waals surface area contributed by atoms with E-state index in [0.29, 0.717) is 19.3 Å². The van der Waals surface area contributed by atoms with Crippen molar-refractivity contribution in [3.05, 3.63) is 0 Å². The lowest BCUT2D eigenvalue weighted by atomic mass is 9.70. The van der Waals surface area contributed by atoms with Gasteiger partial charge in [0.25, 0.3) is 0 Å². The third kappa shape index (κ3) is 4.27. The number of fused-ring (bicyclic) bond motifs is 2. The van der Waals surface area contributed by atoms with Gasteiger partial charge in [-0.3, -0.25) is 9.59 Å². The number of aliphatic hydroxyl groups is 1. The van der Waals surface area contributed by atoms with Crippen molar-refractivity contribution >= 4 is 11.6 Å². The molecule has 2 N–H and O–H groups in total. The molecule has 2 aliphatic carbocycles. The van der Waals surface area contributed by atoms with E-state index < -0.39 is 42.0 Å². The fourth-order valence-corrected chi connectivity index (χ4v) is 4.90. The van der Waals surface area contributed by atoms with Crippen molar-refractivity contribution in [2.45, 2.75) is 63.4 Å². The average Bonchev–Trinajstić information content (AvgIpc) is 3.10. The Labute approximate surface area is 162 Å². The monoisotopic (exact) mass is 401 g/mol. The summed E-state index contributed by atoms with van der Waals surface area (Å²) in [4.78, 5) is 25.8. The van der Waals surface area contributed by atoms with E-state index in [4.69, 9.17) is 4.74 Å². The maximum absolute atomic E-state index is 13.2. The van der Waals surface area contributed by atoms with Crippen LogP contribution in [0, 0.1) is 35.5 Å². The number of aliphatic hydroxyl groups excluding tert-OH is 1. The number of rotatable bonds is 5. The van der Waals surface area contributed by atoms with Crippen molar-refractivity contribution in [3.8, 4) is 11.8 Å². The lowest BCUT2D eigenvalue weighted by Crippen LogP contribution is -2.59. The van der Waals surface area contributed by atoms with Crippen LogP contribution in [-0.4, -0.2) is 54.3 Å². The highest BCUT2D eigenvalue weighted by Gasteiger charge is 2.53. The van der Waals surface area contributed by atoms with Gasteiger partial charge in [-0.25, -0.2) is 0 Å². The van der Waals surface area contributed by atoms with Crippen LogP contribution in [0.4, 0.5) is 13.2 Å². The second-order valence-corrected chi connectivity index (χ2v) is 8.04. The summed E-state index contributed by atoms with van der Waals surface area (Å²) in [6.45, 7) is 1.57. The molecule has 28 heavy (non-hydrogen) atoms. The molecule has 2 bridgehead atoms. The van der Waals surface area contributed by atoms with Crippen molar-refractivity contribution in [1.82, 2.24) is 5.32 Å². The largest absolute Gasteiger partial charge is 0.403 e. The first-order chi connectivity index (χ1) is 13.2. The standard InChI is InChI=1S/C20H26F3NO4/c1-2-3-8-28-10-14-13(6-7-15(24-14)20(21,22)23)19(27)16-17(25)11-4-5-12(9-11)18(16)26/h11-17,24-25H,4-10H2,1H3. The summed E-state index contributed by atoms with van der Waals surface area (Å²) in [5.41, 5.74) is 0. The van der Waals surface area contributed by atoms with Crippen molar-refractivity contribution in [2.24, 2.45) is 23.7 Å². The number of carbonyl (C=O) groups is 2. The van der Waals surface area contributed by atoms with Crippen molar-refractivity contribution in [3.63, 3.8) is 0 Å². The molecule has 0 aromatic rings. The fraction of sp³-hybridized carbons (Fsp3) is 0.800. The molecule has 3 aliphatic rings. The van der Waals surface area contributed by atoms with Gasteiger partial charge in [0.15, 0.2) is 5.78 Å². The third-order valence-electron chi connectivity index (χ3n) is 6.39. The number of piperidine rings is 1. The van der Waals surface area contributed by atoms with Gasteiger partial charge in [-0.2, -0.15) is 13.2 Å². The first-order valence-electron chi connectivity index (χ1n) is 9.79. The van der Waals surface area contributed by atoms with E-state index in [1.807, 2.05) is 0 Å². The van der Waals surface area contributed by atoms with E-state index >= 15 is 0 Å². The first kappa shape index (κ1) is 21.3. The minimum Gasteiger partial charge on any atom is -0.392 e. The predicted octanol–water partition coefficient (Wildman–Crippen LogP) is 1.87. The van der Waals surface area contributed by atoms with Crippen LogP contribution in [0.25, 0.3) is 0 Å². The number of ketones is 2.